The zero-order valence-electron chi connectivity index (χ0n) is 17.5. The highest BCUT2D eigenvalue weighted by molar-refractivity contribution is 6.30. The van der Waals surface area contributed by atoms with Gasteiger partial charge in [-0.3, -0.25) is 9.59 Å². The number of carbonyl (C=O) groups is 2. The van der Waals surface area contributed by atoms with Gasteiger partial charge in [0.1, 0.15) is 0 Å². The van der Waals surface area contributed by atoms with Crippen LogP contribution in [0.25, 0.3) is 0 Å². The highest BCUT2D eigenvalue weighted by atomic mass is 35.5. The number of hydrogen-bond acceptors (Lipinski definition) is 4. The maximum Gasteiger partial charge on any atom is 0.317 e. The van der Waals surface area contributed by atoms with Crippen LogP contribution in [0.3, 0.4) is 0 Å². The van der Waals surface area contributed by atoms with Gasteiger partial charge in [-0.2, -0.15) is 0 Å². The molecule has 4 rings (SSSR count). The lowest BCUT2D eigenvalue weighted by Gasteiger charge is -2.37. The molecular weight excluding hydrogens is 400 g/mol. The summed E-state index contributed by atoms with van der Waals surface area (Å²) in [6.07, 6.45) is 1.49. The summed E-state index contributed by atoms with van der Waals surface area (Å²) < 4.78 is 5.44. The number of aryl methyl sites for hydroxylation is 1. The Hall–Kier alpha value is -2.53. The van der Waals surface area contributed by atoms with E-state index < -0.39 is 5.41 Å². The summed E-state index contributed by atoms with van der Waals surface area (Å²) in [5.41, 5.74) is 4.08. The quantitative estimate of drug-likeness (QED) is 0.681. The third-order valence-electron chi connectivity index (χ3n) is 6.41. The molecule has 30 heavy (non-hydrogen) atoms. The number of halogens is 1. The van der Waals surface area contributed by atoms with Gasteiger partial charge in [0.15, 0.2) is 6.61 Å². The lowest BCUT2D eigenvalue weighted by Crippen LogP contribution is -2.50. The Morgan fingerprint density at radius 2 is 1.67 bits per heavy atom. The van der Waals surface area contributed by atoms with Crippen LogP contribution in [0.5, 0.6) is 0 Å². The molecule has 6 heteroatoms. The molecule has 1 saturated heterocycles. The van der Waals surface area contributed by atoms with Gasteiger partial charge in [0.25, 0.3) is 5.91 Å². The maximum atomic E-state index is 12.7. The van der Waals surface area contributed by atoms with Crippen molar-refractivity contribution in [2.75, 3.05) is 37.7 Å². The number of ether oxygens (including phenoxy) is 1. The number of carbonyl (C=O) groups excluding carboxylic acids is 2. The topological polar surface area (TPSA) is 49.9 Å². The molecule has 2 aromatic carbocycles. The first-order valence-electron chi connectivity index (χ1n) is 10.4. The largest absolute Gasteiger partial charge is 0.455 e. The van der Waals surface area contributed by atoms with Crippen LogP contribution < -0.4 is 4.90 Å². The second-order valence-corrected chi connectivity index (χ2v) is 8.69. The summed E-state index contributed by atoms with van der Waals surface area (Å²) in [5.74, 6) is -0.442. The molecule has 0 N–H and O–H groups in total. The fraction of sp³-hybridized carbons (Fsp3) is 0.417. The van der Waals surface area contributed by atoms with Gasteiger partial charge >= 0.3 is 5.97 Å². The summed E-state index contributed by atoms with van der Waals surface area (Å²) in [4.78, 5) is 29.4. The Morgan fingerprint density at radius 3 is 2.30 bits per heavy atom. The zero-order chi connectivity index (χ0) is 21.3. The van der Waals surface area contributed by atoms with Gasteiger partial charge in [-0.25, -0.2) is 0 Å². The molecule has 158 valence electrons. The van der Waals surface area contributed by atoms with Crippen LogP contribution in [0, 0.1) is 13.8 Å². The molecule has 1 heterocycles. The Balaban J connectivity index is 1.30. The Labute approximate surface area is 182 Å². The number of nitrogens with zero attached hydrogens (tertiary/aromatic N) is 2. The number of benzene rings is 2. The average Bonchev–Trinajstić information content (AvgIpc) is 3.56. The van der Waals surface area contributed by atoms with Gasteiger partial charge in [-0.05, 0) is 61.6 Å². The van der Waals surface area contributed by atoms with E-state index in [0.29, 0.717) is 18.1 Å². The van der Waals surface area contributed by atoms with E-state index in [4.69, 9.17) is 16.3 Å². The predicted molar refractivity (Wildman–Crippen MR) is 118 cm³/mol. The van der Waals surface area contributed by atoms with Crippen LogP contribution in [0.2, 0.25) is 5.02 Å². The van der Waals surface area contributed by atoms with Crippen molar-refractivity contribution in [1.29, 1.82) is 0 Å². The number of hydrogen-bond donors (Lipinski definition) is 0. The standard InChI is InChI=1S/C24H27ClN2O3/c1-17-4-3-5-21(18(17)2)26-12-14-27(15-13-26)22(28)16-30-23(29)24(10-11-24)19-6-8-20(25)9-7-19/h3-9H,10-16H2,1-2H3. The molecule has 2 aromatic rings. The first-order valence-corrected chi connectivity index (χ1v) is 10.8. The fourth-order valence-electron chi connectivity index (χ4n) is 4.14. The summed E-state index contributed by atoms with van der Waals surface area (Å²) in [6, 6.07) is 13.6. The van der Waals surface area contributed by atoms with Crippen molar-refractivity contribution in [2.24, 2.45) is 0 Å². The summed E-state index contributed by atoms with van der Waals surface area (Å²) in [6.45, 7) is 6.87. The van der Waals surface area contributed by atoms with Crippen molar-refractivity contribution in [1.82, 2.24) is 4.90 Å². The van der Waals surface area contributed by atoms with Gasteiger partial charge in [0, 0.05) is 36.9 Å². The maximum absolute atomic E-state index is 12.7. The van der Waals surface area contributed by atoms with Crippen LogP contribution in [-0.4, -0.2) is 49.6 Å². The summed E-state index contributed by atoms with van der Waals surface area (Å²) in [7, 11) is 0. The first kappa shape index (κ1) is 20.7. The molecule has 0 aromatic heterocycles. The SMILES string of the molecule is Cc1cccc(N2CCN(C(=O)COC(=O)C3(c4ccc(Cl)cc4)CC3)CC2)c1C. The molecule has 2 fully saturated rings. The van der Waals surface area contributed by atoms with E-state index >= 15 is 0 Å². The Bertz CT molecular complexity index is 945. The van der Waals surface area contributed by atoms with Gasteiger partial charge in [0.05, 0.1) is 5.41 Å². The molecule has 0 spiro atoms. The van der Waals surface area contributed by atoms with E-state index in [9.17, 15) is 9.59 Å². The van der Waals surface area contributed by atoms with Crippen LogP contribution in [0.15, 0.2) is 42.5 Å². The number of piperazine rings is 1. The van der Waals surface area contributed by atoms with Crippen molar-refractivity contribution in [3.63, 3.8) is 0 Å². The van der Waals surface area contributed by atoms with Crippen LogP contribution >= 0.6 is 11.6 Å². The Kier molecular flexibility index (Phi) is 5.74. The number of anilines is 1. The minimum absolute atomic E-state index is 0.129. The van der Waals surface area contributed by atoms with Crippen molar-refractivity contribution >= 4 is 29.2 Å². The normalized spacial score (nSPS) is 17.6. The first-order chi connectivity index (χ1) is 14.4. The second-order valence-electron chi connectivity index (χ2n) is 8.25. The summed E-state index contributed by atoms with van der Waals surface area (Å²) >= 11 is 5.95. The average molecular weight is 427 g/mol. The predicted octanol–water partition coefficient (Wildman–Crippen LogP) is 3.88. The molecule has 0 atom stereocenters. The molecule has 0 unspecified atom stereocenters. The number of rotatable bonds is 5. The van der Waals surface area contributed by atoms with Gasteiger partial charge < -0.3 is 14.5 Å². The second kappa shape index (κ2) is 8.31. The van der Waals surface area contributed by atoms with Crippen LogP contribution in [0.4, 0.5) is 5.69 Å². The lowest BCUT2D eigenvalue weighted by atomic mass is 9.96. The van der Waals surface area contributed by atoms with Crippen LogP contribution in [-0.2, 0) is 19.7 Å². The molecular formula is C24H27ClN2O3. The van der Waals surface area contributed by atoms with E-state index in [1.807, 2.05) is 12.1 Å². The van der Waals surface area contributed by atoms with E-state index in [-0.39, 0.29) is 18.5 Å². The number of amides is 1. The minimum atomic E-state index is -0.605. The zero-order valence-corrected chi connectivity index (χ0v) is 18.2. The third kappa shape index (κ3) is 4.04. The molecule has 1 amide bonds. The molecule has 1 aliphatic heterocycles. The van der Waals surface area contributed by atoms with Crippen molar-refractivity contribution < 1.29 is 14.3 Å². The highest BCUT2D eigenvalue weighted by Gasteiger charge is 2.53. The molecule has 1 aliphatic carbocycles. The van der Waals surface area contributed by atoms with Crippen LogP contribution in [0.1, 0.15) is 29.5 Å². The lowest BCUT2D eigenvalue weighted by molar-refractivity contribution is -0.154. The highest BCUT2D eigenvalue weighted by Crippen LogP contribution is 2.49. The van der Waals surface area contributed by atoms with E-state index in [1.54, 1.807) is 17.0 Å². The van der Waals surface area contributed by atoms with E-state index in [2.05, 4.69) is 36.9 Å². The summed E-state index contributed by atoms with van der Waals surface area (Å²) in [5, 5.41) is 0.637. The molecule has 0 radical (unpaired) electrons. The molecule has 2 aliphatic rings. The minimum Gasteiger partial charge on any atom is -0.455 e. The molecule has 0 bridgehead atoms. The molecule has 1 saturated carbocycles. The van der Waals surface area contributed by atoms with E-state index in [0.717, 1.165) is 31.5 Å². The van der Waals surface area contributed by atoms with Crippen molar-refractivity contribution in [3.8, 4) is 0 Å². The van der Waals surface area contributed by atoms with Crippen molar-refractivity contribution in [3.05, 3.63) is 64.2 Å². The molecule has 5 nitrogen and oxygen atoms in total. The fourth-order valence-corrected chi connectivity index (χ4v) is 4.26. The van der Waals surface area contributed by atoms with Gasteiger partial charge in [-0.1, -0.05) is 35.9 Å². The van der Waals surface area contributed by atoms with Crippen molar-refractivity contribution in [2.45, 2.75) is 32.1 Å². The van der Waals surface area contributed by atoms with Gasteiger partial charge in [0.2, 0.25) is 0 Å². The smallest absolute Gasteiger partial charge is 0.317 e. The third-order valence-corrected chi connectivity index (χ3v) is 6.67. The monoisotopic (exact) mass is 426 g/mol. The Morgan fingerprint density at radius 1 is 1.00 bits per heavy atom. The van der Waals surface area contributed by atoms with Gasteiger partial charge in [-0.15, -0.1) is 0 Å². The number of esters is 1. The van der Waals surface area contributed by atoms with E-state index in [1.165, 1.54) is 16.8 Å².